The van der Waals surface area contributed by atoms with Crippen molar-refractivity contribution in [3.63, 3.8) is 0 Å². The number of quaternary nitrogens is 1. The van der Waals surface area contributed by atoms with E-state index in [9.17, 15) is 9.59 Å². The highest BCUT2D eigenvalue weighted by molar-refractivity contribution is 6.09. The molecule has 0 saturated heterocycles. The fourth-order valence-corrected chi connectivity index (χ4v) is 3.21. The molecule has 1 heterocycles. The zero-order valence-electron chi connectivity index (χ0n) is 15.8. The molecule has 0 saturated carbocycles. The van der Waals surface area contributed by atoms with Gasteiger partial charge >= 0.3 is 0 Å². The number of ketones is 1. The van der Waals surface area contributed by atoms with E-state index in [0.29, 0.717) is 11.3 Å². The summed E-state index contributed by atoms with van der Waals surface area (Å²) in [4.78, 5) is 29.1. The van der Waals surface area contributed by atoms with Crippen molar-refractivity contribution in [3.8, 4) is 5.75 Å². The topological polar surface area (TPSA) is 75.6 Å². The number of ether oxygens (including phenoxy) is 1. The Balaban J connectivity index is 1.60. The van der Waals surface area contributed by atoms with E-state index in [-0.39, 0.29) is 24.8 Å². The second-order valence-electron chi connectivity index (χ2n) is 6.68. The second kappa shape index (κ2) is 8.05. The molecule has 0 spiro atoms. The number of aryl methyl sites for hydroxylation is 1. The molecular weight excluding hydrogens is 342 g/mol. The molecule has 0 radical (unpaired) electrons. The molecule has 3 aromatic rings. The second-order valence-corrected chi connectivity index (χ2v) is 6.68. The van der Waals surface area contributed by atoms with Crippen LogP contribution in [0.25, 0.3) is 10.9 Å². The zero-order valence-corrected chi connectivity index (χ0v) is 15.8. The SMILES string of the molecule is COc1ccc(NC(=O)C[NH+](C)CC(=O)c2c(C)[nH]c3ccccc23)cc1. The van der Waals surface area contributed by atoms with Crippen LogP contribution < -0.4 is 15.0 Å². The van der Waals surface area contributed by atoms with Gasteiger partial charge in [0.2, 0.25) is 5.78 Å². The van der Waals surface area contributed by atoms with E-state index in [4.69, 9.17) is 4.74 Å². The van der Waals surface area contributed by atoms with Gasteiger partial charge in [-0.3, -0.25) is 9.59 Å². The van der Waals surface area contributed by atoms with Crippen LogP contribution in [-0.4, -0.2) is 43.9 Å². The number of likely N-dealkylation sites (N-methyl/N-ethyl adjacent to an activating group) is 1. The van der Waals surface area contributed by atoms with Gasteiger partial charge in [-0.25, -0.2) is 0 Å². The predicted molar refractivity (Wildman–Crippen MR) is 106 cm³/mol. The number of carbonyl (C=O) groups excluding carboxylic acids is 2. The third-order valence-corrected chi connectivity index (χ3v) is 4.47. The molecule has 3 N–H and O–H groups in total. The molecule has 1 aromatic heterocycles. The van der Waals surface area contributed by atoms with Crippen LogP contribution in [0.3, 0.4) is 0 Å². The molecule has 1 unspecified atom stereocenters. The summed E-state index contributed by atoms with van der Waals surface area (Å²) in [6, 6.07) is 14.9. The van der Waals surface area contributed by atoms with Crippen molar-refractivity contribution < 1.29 is 19.2 Å². The Kier molecular flexibility index (Phi) is 5.57. The normalized spacial score (nSPS) is 12.0. The fourth-order valence-electron chi connectivity index (χ4n) is 3.21. The molecule has 3 rings (SSSR count). The van der Waals surface area contributed by atoms with Crippen LogP contribution in [0.4, 0.5) is 5.69 Å². The number of carbonyl (C=O) groups is 2. The Bertz CT molecular complexity index is 960. The van der Waals surface area contributed by atoms with E-state index in [1.54, 1.807) is 31.4 Å². The van der Waals surface area contributed by atoms with E-state index in [0.717, 1.165) is 27.2 Å². The molecule has 0 bridgehead atoms. The maximum absolute atomic E-state index is 12.8. The number of hydrogen-bond donors (Lipinski definition) is 3. The van der Waals surface area contributed by atoms with Crippen molar-refractivity contribution in [3.05, 3.63) is 59.8 Å². The van der Waals surface area contributed by atoms with Gasteiger partial charge in [0.1, 0.15) is 12.3 Å². The van der Waals surface area contributed by atoms with Gasteiger partial charge < -0.3 is 19.9 Å². The maximum Gasteiger partial charge on any atom is 0.279 e. The summed E-state index contributed by atoms with van der Waals surface area (Å²) in [5.74, 6) is 0.622. The number of H-pyrrole nitrogens is 1. The van der Waals surface area contributed by atoms with Crippen molar-refractivity contribution in [2.75, 3.05) is 32.6 Å². The first-order chi connectivity index (χ1) is 13.0. The molecule has 1 atom stereocenters. The molecule has 0 aliphatic rings. The fraction of sp³-hybridized carbons (Fsp3) is 0.238. The third kappa shape index (κ3) is 4.35. The first kappa shape index (κ1) is 18.7. The molecule has 0 aliphatic heterocycles. The number of Topliss-reactive ketones (excluding diaryl/α,β-unsaturated/α-hetero) is 1. The van der Waals surface area contributed by atoms with Gasteiger partial charge in [-0.15, -0.1) is 0 Å². The van der Waals surface area contributed by atoms with Gasteiger partial charge in [0.05, 0.1) is 19.7 Å². The van der Waals surface area contributed by atoms with Gasteiger partial charge in [0, 0.05) is 22.3 Å². The Hall–Kier alpha value is -3.12. The van der Waals surface area contributed by atoms with Crippen molar-refractivity contribution >= 4 is 28.3 Å². The Morgan fingerprint density at radius 1 is 1.07 bits per heavy atom. The number of para-hydroxylation sites is 1. The van der Waals surface area contributed by atoms with Crippen molar-refractivity contribution in [1.29, 1.82) is 0 Å². The Labute approximate surface area is 158 Å². The number of aromatic nitrogens is 1. The Morgan fingerprint density at radius 3 is 2.48 bits per heavy atom. The molecular formula is C21H24N3O3+. The number of hydrogen-bond acceptors (Lipinski definition) is 3. The lowest BCUT2D eigenvalue weighted by Crippen LogP contribution is -3.11. The number of methoxy groups -OCH3 is 1. The summed E-state index contributed by atoms with van der Waals surface area (Å²) < 4.78 is 5.10. The van der Waals surface area contributed by atoms with E-state index in [2.05, 4.69) is 10.3 Å². The lowest BCUT2D eigenvalue weighted by molar-refractivity contribution is -0.861. The van der Waals surface area contributed by atoms with Gasteiger partial charge in [-0.1, -0.05) is 18.2 Å². The quantitative estimate of drug-likeness (QED) is 0.559. The number of aromatic amines is 1. The van der Waals surface area contributed by atoms with E-state index in [1.807, 2.05) is 38.2 Å². The van der Waals surface area contributed by atoms with Crippen LogP contribution in [0.5, 0.6) is 5.75 Å². The molecule has 1 amide bonds. The lowest BCUT2D eigenvalue weighted by atomic mass is 10.1. The first-order valence-electron chi connectivity index (χ1n) is 8.83. The number of benzene rings is 2. The highest BCUT2D eigenvalue weighted by Crippen LogP contribution is 2.21. The van der Waals surface area contributed by atoms with Crippen LogP contribution in [0, 0.1) is 6.92 Å². The Morgan fingerprint density at radius 2 is 1.78 bits per heavy atom. The van der Waals surface area contributed by atoms with Gasteiger partial charge in [0.15, 0.2) is 6.54 Å². The maximum atomic E-state index is 12.8. The van der Waals surface area contributed by atoms with Crippen molar-refractivity contribution in [1.82, 2.24) is 4.98 Å². The van der Waals surface area contributed by atoms with E-state index in [1.165, 1.54) is 0 Å². The number of rotatable bonds is 7. The first-order valence-corrected chi connectivity index (χ1v) is 8.83. The monoisotopic (exact) mass is 366 g/mol. The lowest BCUT2D eigenvalue weighted by Gasteiger charge is -2.13. The summed E-state index contributed by atoms with van der Waals surface area (Å²) in [5.41, 5.74) is 3.22. The molecule has 27 heavy (non-hydrogen) atoms. The van der Waals surface area contributed by atoms with E-state index < -0.39 is 0 Å². The smallest absolute Gasteiger partial charge is 0.279 e. The minimum Gasteiger partial charge on any atom is -0.497 e. The predicted octanol–water partition coefficient (Wildman–Crippen LogP) is 1.82. The summed E-state index contributed by atoms with van der Waals surface area (Å²) >= 11 is 0. The molecule has 140 valence electrons. The van der Waals surface area contributed by atoms with Gasteiger partial charge in [0.25, 0.3) is 5.91 Å². The molecule has 0 fully saturated rings. The number of nitrogens with one attached hydrogen (secondary N) is 3. The number of amides is 1. The number of anilines is 1. The minimum atomic E-state index is -0.138. The largest absolute Gasteiger partial charge is 0.497 e. The highest BCUT2D eigenvalue weighted by Gasteiger charge is 2.20. The third-order valence-electron chi connectivity index (χ3n) is 4.47. The van der Waals surface area contributed by atoms with Crippen molar-refractivity contribution in [2.24, 2.45) is 0 Å². The van der Waals surface area contributed by atoms with Crippen LogP contribution >= 0.6 is 0 Å². The summed E-state index contributed by atoms with van der Waals surface area (Å²) in [6.07, 6.45) is 0. The van der Waals surface area contributed by atoms with Crippen LogP contribution in [0.15, 0.2) is 48.5 Å². The summed E-state index contributed by atoms with van der Waals surface area (Å²) in [5, 5.41) is 3.77. The minimum absolute atomic E-state index is 0.0275. The van der Waals surface area contributed by atoms with Crippen LogP contribution in [-0.2, 0) is 4.79 Å². The van der Waals surface area contributed by atoms with Gasteiger partial charge in [-0.05, 0) is 37.3 Å². The summed E-state index contributed by atoms with van der Waals surface area (Å²) in [6.45, 7) is 2.36. The average molecular weight is 366 g/mol. The van der Waals surface area contributed by atoms with Crippen molar-refractivity contribution in [2.45, 2.75) is 6.92 Å². The zero-order chi connectivity index (χ0) is 19.4. The number of fused-ring (bicyclic) bond motifs is 1. The molecule has 2 aromatic carbocycles. The average Bonchev–Trinajstić information content (AvgIpc) is 2.97. The van der Waals surface area contributed by atoms with Crippen LogP contribution in [0.2, 0.25) is 0 Å². The van der Waals surface area contributed by atoms with E-state index >= 15 is 0 Å². The molecule has 0 aliphatic carbocycles. The van der Waals surface area contributed by atoms with Crippen LogP contribution in [0.1, 0.15) is 16.1 Å². The van der Waals surface area contributed by atoms with Gasteiger partial charge in [-0.2, -0.15) is 0 Å². The standard InChI is InChI=1S/C21H23N3O3/c1-14-21(17-6-4-5-7-18(17)22-14)19(25)12-24(2)13-20(26)23-15-8-10-16(27-3)11-9-15/h4-11,22H,12-13H2,1-3H3,(H,23,26)/p+1. The molecule has 6 heteroatoms. The summed E-state index contributed by atoms with van der Waals surface area (Å²) in [7, 11) is 3.44. The molecule has 6 nitrogen and oxygen atoms in total. The highest BCUT2D eigenvalue weighted by atomic mass is 16.5.